The second-order valence-electron chi connectivity index (χ2n) is 5.46. The Morgan fingerprint density at radius 2 is 2.10 bits per heavy atom. The van der Waals surface area contributed by atoms with Crippen LogP contribution in [0.3, 0.4) is 0 Å². The van der Waals surface area contributed by atoms with Crippen LogP contribution in [0.4, 0.5) is 5.82 Å². The Morgan fingerprint density at radius 3 is 2.80 bits per heavy atom. The number of nitrogen functional groups attached to an aromatic ring is 1. The molecule has 1 aromatic heterocycles. The van der Waals surface area contributed by atoms with Crippen molar-refractivity contribution < 1.29 is 4.79 Å². The quantitative estimate of drug-likeness (QED) is 0.589. The fourth-order valence-electron chi connectivity index (χ4n) is 2.72. The summed E-state index contributed by atoms with van der Waals surface area (Å²) in [6, 6.07) is 9.56. The van der Waals surface area contributed by atoms with Gasteiger partial charge in [0.05, 0.1) is 11.1 Å². The first-order valence-electron chi connectivity index (χ1n) is 6.84. The number of nitrogens with two attached hydrogens (primary N) is 1. The van der Waals surface area contributed by atoms with E-state index in [0.29, 0.717) is 23.3 Å². The molecule has 0 saturated heterocycles. The number of rotatable bonds is 3. The molecule has 0 bridgehead atoms. The maximum atomic E-state index is 12.4. The van der Waals surface area contributed by atoms with Crippen molar-refractivity contribution >= 4 is 22.6 Å². The number of hydrogen-bond donors (Lipinski definition) is 3. The van der Waals surface area contributed by atoms with Gasteiger partial charge < -0.3 is 10.7 Å². The minimum atomic E-state index is -0.0583. The SMILES string of the molecule is CC1CC(NC(=O)c2cc(NN)nc3ccccc23)C1. The molecule has 4 N–H and O–H groups in total. The molecule has 2 aromatic rings. The smallest absolute Gasteiger partial charge is 0.252 e. The second kappa shape index (κ2) is 5.09. The Labute approximate surface area is 117 Å². The van der Waals surface area contributed by atoms with Crippen LogP contribution in [-0.2, 0) is 0 Å². The molecule has 0 atom stereocenters. The van der Waals surface area contributed by atoms with E-state index >= 15 is 0 Å². The third-order valence-electron chi connectivity index (χ3n) is 3.82. The number of pyridine rings is 1. The van der Waals surface area contributed by atoms with Gasteiger partial charge in [-0.25, -0.2) is 10.8 Å². The van der Waals surface area contributed by atoms with Gasteiger partial charge in [0.15, 0.2) is 0 Å². The molecule has 1 amide bonds. The molecule has 1 aliphatic rings. The predicted molar refractivity (Wildman–Crippen MR) is 79.2 cm³/mol. The number of para-hydroxylation sites is 1. The zero-order valence-corrected chi connectivity index (χ0v) is 11.4. The molecule has 1 aliphatic carbocycles. The average Bonchev–Trinajstić information content (AvgIpc) is 2.44. The van der Waals surface area contributed by atoms with Gasteiger partial charge in [-0.2, -0.15) is 0 Å². The molecule has 1 saturated carbocycles. The Hall–Kier alpha value is -2.14. The number of carbonyl (C=O) groups is 1. The Balaban J connectivity index is 1.94. The molecule has 0 unspecified atom stereocenters. The molecule has 0 spiro atoms. The first-order valence-corrected chi connectivity index (χ1v) is 6.84. The molecule has 5 nitrogen and oxygen atoms in total. The topological polar surface area (TPSA) is 80.0 Å². The monoisotopic (exact) mass is 270 g/mol. The molecular weight excluding hydrogens is 252 g/mol. The normalized spacial score (nSPS) is 21.3. The van der Waals surface area contributed by atoms with Gasteiger partial charge >= 0.3 is 0 Å². The Morgan fingerprint density at radius 1 is 1.35 bits per heavy atom. The third-order valence-corrected chi connectivity index (χ3v) is 3.82. The molecule has 0 radical (unpaired) electrons. The van der Waals surface area contributed by atoms with Crippen molar-refractivity contribution in [2.45, 2.75) is 25.8 Å². The number of anilines is 1. The number of nitrogens with zero attached hydrogens (tertiary/aromatic N) is 1. The number of fused-ring (bicyclic) bond motifs is 1. The highest BCUT2D eigenvalue weighted by atomic mass is 16.1. The maximum absolute atomic E-state index is 12.4. The highest BCUT2D eigenvalue weighted by molar-refractivity contribution is 6.07. The number of benzene rings is 1. The summed E-state index contributed by atoms with van der Waals surface area (Å²) in [5, 5.41) is 3.92. The standard InChI is InChI=1S/C15H18N4O/c1-9-6-10(7-9)17-15(20)12-8-14(19-16)18-13-5-3-2-4-11(12)13/h2-5,8-10H,6-7,16H2,1H3,(H,17,20)(H,18,19). The molecule has 1 fully saturated rings. The lowest BCUT2D eigenvalue weighted by Crippen LogP contribution is -2.43. The summed E-state index contributed by atoms with van der Waals surface area (Å²) in [7, 11) is 0. The van der Waals surface area contributed by atoms with E-state index in [-0.39, 0.29) is 5.91 Å². The number of hydrogen-bond acceptors (Lipinski definition) is 4. The van der Waals surface area contributed by atoms with Crippen molar-refractivity contribution in [3.8, 4) is 0 Å². The lowest BCUT2D eigenvalue weighted by atomic mass is 9.82. The van der Waals surface area contributed by atoms with Gasteiger partial charge in [0.25, 0.3) is 5.91 Å². The van der Waals surface area contributed by atoms with Crippen LogP contribution >= 0.6 is 0 Å². The zero-order chi connectivity index (χ0) is 14.1. The largest absolute Gasteiger partial charge is 0.349 e. The summed E-state index contributed by atoms with van der Waals surface area (Å²) in [6.07, 6.45) is 2.10. The second-order valence-corrected chi connectivity index (χ2v) is 5.46. The third kappa shape index (κ3) is 2.32. The van der Waals surface area contributed by atoms with E-state index in [9.17, 15) is 4.79 Å². The van der Waals surface area contributed by atoms with Crippen LogP contribution in [0.25, 0.3) is 10.9 Å². The van der Waals surface area contributed by atoms with E-state index in [1.54, 1.807) is 6.07 Å². The van der Waals surface area contributed by atoms with Crippen LogP contribution in [0.1, 0.15) is 30.1 Å². The van der Waals surface area contributed by atoms with Crippen LogP contribution in [0.5, 0.6) is 0 Å². The minimum absolute atomic E-state index is 0.0583. The molecule has 20 heavy (non-hydrogen) atoms. The molecular formula is C15H18N4O. The lowest BCUT2D eigenvalue weighted by molar-refractivity contribution is 0.0898. The number of amides is 1. The molecule has 3 rings (SSSR count). The number of hydrazine groups is 1. The molecule has 1 aromatic carbocycles. The molecule has 0 aliphatic heterocycles. The van der Waals surface area contributed by atoms with Gasteiger partial charge in [0.1, 0.15) is 5.82 Å². The van der Waals surface area contributed by atoms with Crippen LogP contribution in [0.15, 0.2) is 30.3 Å². The predicted octanol–water partition coefficient (Wildman–Crippen LogP) is 2.05. The van der Waals surface area contributed by atoms with E-state index in [1.807, 2.05) is 24.3 Å². The average molecular weight is 270 g/mol. The summed E-state index contributed by atoms with van der Waals surface area (Å²) in [6.45, 7) is 2.20. The zero-order valence-electron chi connectivity index (χ0n) is 11.4. The number of carbonyl (C=O) groups excluding carboxylic acids is 1. The highest BCUT2D eigenvalue weighted by Crippen LogP contribution is 2.27. The Kier molecular flexibility index (Phi) is 3.28. The van der Waals surface area contributed by atoms with Gasteiger partial charge in [-0.3, -0.25) is 4.79 Å². The lowest BCUT2D eigenvalue weighted by Gasteiger charge is -2.33. The minimum Gasteiger partial charge on any atom is -0.349 e. The van der Waals surface area contributed by atoms with Crippen LogP contribution < -0.4 is 16.6 Å². The first-order chi connectivity index (χ1) is 9.67. The van der Waals surface area contributed by atoms with Crippen LogP contribution in [0.2, 0.25) is 0 Å². The van der Waals surface area contributed by atoms with Gasteiger partial charge in [-0.15, -0.1) is 0 Å². The Bertz CT molecular complexity index is 649. The van der Waals surface area contributed by atoms with Gasteiger partial charge in [-0.1, -0.05) is 25.1 Å². The summed E-state index contributed by atoms with van der Waals surface area (Å²) >= 11 is 0. The summed E-state index contributed by atoms with van der Waals surface area (Å²) in [4.78, 5) is 16.8. The molecule has 5 heteroatoms. The molecule has 1 heterocycles. The fraction of sp³-hybridized carbons (Fsp3) is 0.333. The summed E-state index contributed by atoms with van der Waals surface area (Å²) < 4.78 is 0. The van der Waals surface area contributed by atoms with E-state index in [2.05, 4.69) is 22.7 Å². The first kappa shape index (κ1) is 12.9. The van der Waals surface area contributed by atoms with Gasteiger partial charge in [0, 0.05) is 11.4 Å². The van der Waals surface area contributed by atoms with Crippen molar-refractivity contribution in [1.82, 2.24) is 10.3 Å². The van der Waals surface area contributed by atoms with Crippen LogP contribution in [0, 0.1) is 5.92 Å². The van der Waals surface area contributed by atoms with Crippen molar-refractivity contribution in [1.29, 1.82) is 0 Å². The maximum Gasteiger partial charge on any atom is 0.252 e. The van der Waals surface area contributed by atoms with E-state index in [1.165, 1.54) is 0 Å². The number of aromatic nitrogens is 1. The van der Waals surface area contributed by atoms with Crippen molar-refractivity contribution in [3.05, 3.63) is 35.9 Å². The van der Waals surface area contributed by atoms with E-state index in [4.69, 9.17) is 5.84 Å². The summed E-state index contributed by atoms with van der Waals surface area (Å²) in [5.74, 6) is 6.56. The number of nitrogens with one attached hydrogen (secondary N) is 2. The van der Waals surface area contributed by atoms with E-state index in [0.717, 1.165) is 23.7 Å². The molecule has 104 valence electrons. The van der Waals surface area contributed by atoms with Crippen molar-refractivity contribution in [3.63, 3.8) is 0 Å². The summed E-state index contributed by atoms with van der Waals surface area (Å²) in [5.41, 5.74) is 3.88. The highest BCUT2D eigenvalue weighted by Gasteiger charge is 2.27. The fourth-order valence-corrected chi connectivity index (χ4v) is 2.72. The van der Waals surface area contributed by atoms with Crippen molar-refractivity contribution in [2.24, 2.45) is 11.8 Å². The van der Waals surface area contributed by atoms with Gasteiger partial charge in [-0.05, 0) is 30.9 Å². The van der Waals surface area contributed by atoms with Crippen molar-refractivity contribution in [2.75, 3.05) is 5.43 Å². The van der Waals surface area contributed by atoms with Gasteiger partial charge in [0.2, 0.25) is 0 Å². The van der Waals surface area contributed by atoms with E-state index < -0.39 is 0 Å². The van der Waals surface area contributed by atoms with Crippen LogP contribution in [-0.4, -0.2) is 16.9 Å².